The molecule has 4 rings (SSSR count). The van der Waals surface area contributed by atoms with Crippen LogP contribution in [-0.2, 0) is 27.0 Å². The number of rotatable bonds is 6. The first-order valence-corrected chi connectivity index (χ1v) is 13.9. The fourth-order valence-corrected chi connectivity index (χ4v) is 5.10. The van der Waals surface area contributed by atoms with Crippen molar-refractivity contribution in [2.45, 2.75) is 78.8 Å². The molecular weight excluding hydrogens is 498 g/mol. The third-order valence-corrected chi connectivity index (χ3v) is 7.58. The van der Waals surface area contributed by atoms with Gasteiger partial charge >= 0.3 is 0 Å². The van der Waals surface area contributed by atoms with Crippen LogP contribution in [-0.4, -0.2) is 28.3 Å². The Bertz CT molecular complexity index is 1430. The lowest BCUT2D eigenvalue weighted by Gasteiger charge is -2.27. The number of Topliss-reactive ketones (excluding diaryl/α,β-unsaturated/α-hetero) is 1. The molecule has 5 heteroatoms. The second kappa shape index (κ2) is 11.0. The Morgan fingerprint density at radius 3 is 1.98 bits per heavy atom. The van der Waals surface area contributed by atoms with Crippen molar-refractivity contribution in [2.75, 3.05) is 6.61 Å². The largest absolute Gasteiger partial charge is 0.507 e. The summed E-state index contributed by atoms with van der Waals surface area (Å²) in [6.45, 7) is 17.4. The number of aliphatic hydroxyl groups is 1. The number of ketones is 1. The molecule has 0 spiro atoms. The topological polar surface area (TPSA) is 66.8 Å². The van der Waals surface area contributed by atoms with E-state index in [1.807, 2.05) is 80.6 Å². The lowest BCUT2D eigenvalue weighted by Crippen LogP contribution is -2.29. The first-order valence-electron chi connectivity index (χ1n) is 13.9. The molecule has 0 radical (unpaired) electrons. The predicted molar refractivity (Wildman–Crippen MR) is 160 cm³/mol. The number of hydrogen-bond donors (Lipinski definition) is 1. The normalized spacial score (nSPS) is 17.4. The third kappa shape index (κ3) is 5.84. The van der Waals surface area contributed by atoms with Crippen LogP contribution in [0.2, 0.25) is 0 Å². The van der Waals surface area contributed by atoms with Crippen molar-refractivity contribution in [2.24, 2.45) is 0 Å². The maximum atomic E-state index is 13.6. The summed E-state index contributed by atoms with van der Waals surface area (Å²) in [6, 6.07) is 20.8. The number of likely N-dealkylation sites (tertiary alicyclic amines) is 1. The summed E-state index contributed by atoms with van der Waals surface area (Å²) in [6.07, 6.45) is 0. The van der Waals surface area contributed by atoms with E-state index in [1.54, 1.807) is 4.90 Å². The molecule has 1 amide bonds. The molecule has 1 unspecified atom stereocenters. The number of hydrogen-bond acceptors (Lipinski definition) is 4. The molecule has 3 aromatic rings. The van der Waals surface area contributed by atoms with Crippen molar-refractivity contribution in [3.8, 4) is 5.75 Å². The number of nitrogens with zero attached hydrogens (tertiary/aromatic N) is 1. The highest BCUT2D eigenvalue weighted by Gasteiger charge is 2.46. The molecule has 1 N–H and O–H groups in total. The Hall–Kier alpha value is -3.86. The fourth-order valence-electron chi connectivity index (χ4n) is 5.10. The minimum atomic E-state index is -0.724. The van der Waals surface area contributed by atoms with Gasteiger partial charge in [-0.3, -0.25) is 9.59 Å². The molecule has 0 aromatic heterocycles. The highest BCUT2D eigenvalue weighted by atomic mass is 16.5. The highest BCUT2D eigenvalue weighted by molar-refractivity contribution is 6.46. The number of ether oxygens (including phenoxy) is 1. The lowest BCUT2D eigenvalue weighted by molar-refractivity contribution is -0.140. The van der Waals surface area contributed by atoms with Gasteiger partial charge < -0.3 is 14.7 Å². The Balaban J connectivity index is 1.87. The smallest absolute Gasteiger partial charge is 0.295 e. The average Bonchev–Trinajstić information content (AvgIpc) is 3.13. The summed E-state index contributed by atoms with van der Waals surface area (Å²) in [5.74, 6) is -0.684. The molecule has 1 aliphatic rings. The van der Waals surface area contributed by atoms with Crippen molar-refractivity contribution in [3.63, 3.8) is 0 Å². The standard InChI is InChI=1S/C35H41NO4/c1-9-40-27-18-11-23(12-19-27)21-36-30(24-13-16-25(17-14-24)34(3,4)5)29(32(38)33(36)39)31(37)28-20-26(35(6,7)8)15-10-22(28)2/h10-20,30,37H,9,21H2,1-8H3/b31-29+. The molecule has 0 aliphatic carbocycles. The van der Waals surface area contributed by atoms with Crippen LogP contribution in [0.4, 0.5) is 0 Å². The van der Waals surface area contributed by atoms with Gasteiger partial charge in [0.25, 0.3) is 11.7 Å². The Morgan fingerprint density at radius 2 is 1.43 bits per heavy atom. The number of aryl methyl sites for hydroxylation is 1. The van der Waals surface area contributed by atoms with Crippen LogP contribution in [0.25, 0.3) is 5.76 Å². The van der Waals surface area contributed by atoms with E-state index in [-0.39, 0.29) is 28.7 Å². The first-order chi connectivity index (χ1) is 18.7. The van der Waals surface area contributed by atoms with Gasteiger partial charge in [0.1, 0.15) is 11.5 Å². The highest BCUT2D eigenvalue weighted by Crippen LogP contribution is 2.42. The van der Waals surface area contributed by atoms with Crippen molar-refractivity contribution in [1.82, 2.24) is 4.90 Å². The fraction of sp³-hybridized carbons (Fsp3) is 0.371. The van der Waals surface area contributed by atoms with Crippen molar-refractivity contribution < 1.29 is 19.4 Å². The molecular formula is C35H41NO4. The zero-order valence-corrected chi connectivity index (χ0v) is 25.0. The minimum Gasteiger partial charge on any atom is -0.507 e. The van der Waals surface area contributed by atoms with Gasteiger partial charge in [0, 0.05) is 12.1 Å². The van der Waals surface area contributed by atoms with Crippen LogP contribution in [0, 0.1) is 6.92 Å². The van der Waals surface area contributed by atoms with Gasteiger partial charge in [-0.1, -0.05) is 90.1 Å². The molecule has 1 saturated heterocycles. The zero-order chi connectivity index (χ0) is 29.4. The second-order valence-corrected chi connectivity index (χ2v) is 12.7. The molecule has 3 aromatic carbocycles. The van der Waals surface area contributed by atoms with Gasteiger partial charge in [0.15, 0.2) is 0 Å². The van der Waals surface area contributed by atoms with Gasteiger partial charge in [-0.15, -0.1) is 0 Å². The lowest BCUT2D eigenvalue weighted by atomic mass is 9.84. The molecule has 0 bridgehead atoms. The van der Waals surface area contributed by atoms with E-state index in [4.69, 9.17) is 4.74 Å². The number of benzene rings is 3. The quantitative estimate of drug-likeness (QED) is 0.199. The molecule has 40 heavy (non-hydrogen) atoms. The number of aliphatic hydroxyl groups excluding tert-OH is 1. The molecule has 1 aliphatic heterocycles. The van der Waals surface area contributed by atoms with E-state index in [2.05, 4.69) is 41.5 Å². The van der Waals surface area contributed by atoms with Gasteiger partial charge in [-0.2, -0.15) is 0 Å². The van der Waals surface area contributed by atoms with Gasteiger partial charge in [-0.05, 0) is 70.7 Å². The van der Waals surface area contributed by atoms with E-state index in [0.717, 1.165) is 33.6 Å². The summed E-state index contributed by atoms with van der Waals surface area (Å²) in [7, 11) is 0. The SMILES string of the molecule is CCOc1ccc(CN2C(=O)C(=O)/C(=C(/O)c3cc(C(C)(C)C)ccc3C)C2c2ccc(C(C)(C)C)cc2)cc1. The Morgan fingerprint density at radius 1 is 0.850 bits per heavy atom. The zero-order valence-electron chi connectivity index (χ0n) is 25.0. The van der Waals surface area contributed by atoms with E-state index in [9.17, 15) is 14.7 Å². The number of carbonyl (C=O) groups is 2. The molecule has 1 fully saturated rings. The van der Waals surface area contributed by atoms with Crippen molar-refractivity contribution >= 4 is 17.4 Å². The summed E-state index contributed by atoms with van der Waals surface area (Å²) < 4.78 is 5.57. The summed E-state index contributed by atoms with van der Waals surface area (Å²) >= 11 is 0. The first kappa shape index (κ1) is 29.1. The summed E-state index contributed by atoms with van der Waals surface area (Å²) in [4.78, 5) is 28.8. The Labute approximate surface area is 238 Å². The molecule has 210 valence electrons. The van der Waals surface area contributed by atoms with Crippen LogP contribution < -0.4 is 4.74 Å². The van der Waals surface area contributed by atoms with Crippen LogP contribution in [0.5, 0.6) is 5.75 Å². The van der Waals surface area contributed by atoms with Gasteiger partial charge in [-0.25, -0.2) is 0 Å². The maximum Gasteiger partial charge on any atom is 0.295 e. The monoisotopic (exact) mass is 539 g/mol. The molecule has 1 heterocycles. The summed E-state index contributed by atoms with van der Waals surface area (Å²) in [5, 5.41) is 11.7. The summed E-state index contributed by atoms with van der Waals surface area (Å²) in [5.41, 5.74) is 5.17. The van der Waals surface area contributed by atoms with E-state index >= 15 is 0 Å². The molecule has 1 atom stereocenters. The molecule has 0 saturated carbocycles. The van der Waals surface area contributed by atoms with Crippen LogP contribution in [0.15, 0.2) is 72.3 Å². The third-order valence-electron chi connectivity index (χ3n) is 7.58. The van der Waals surface area contributed by atoms with Gasteiger partial charge in [0.05, 0.1) is 18.2 Å². The second-order valence-electron chi connectivity index (χ2n) is 12.7. The minimum absolute atomic E-state index is 0.0485. The van der Waals surface area contributed by atoms with Crippen LogP contribution in [0.3, 0.4) is 0 Å². The van der Waals surface area contributed by atoms with E-state index in [1.165, 1.54) is 0 Å². The van der Waals surface area contributed by atoms with Crippen molar-refractivity contribution in [1.29, 1.82) is 0 Å². The number of carbonyl (C=O) groups excluding carboxylic acids is 2. The Kier molecular flexibility index (Phi) is 7.98. The number of amides is 1. The molecule has 5 nitrogen and oxygen atoms in total. The van der Waals surface area contributed by atoms with Crippen molar-refractivity contribution in [3.05, 3.63) is 106 Å². The average molecular weight is 540 g/mol. The van der Waals surface area contributed by atoms with Crippen LogP contribution >= 0.6 is 0 Å². The van der Waals surface area contributed by atoms with Gasteiger partial charge in [0.2, 0.25) is 0 Å². The predicted octanol–water partition coefficient (Wildman–Crippen LogP) is 7.61. The van der Waals surface area contributed by atoms with E-state index < -0.39 is 17.7 Å². The van der Waals surface area contributed by atoms with Crippen LogP contribution in [0.1, 0.15) is 87.9 Å². The van der Waals surface area contributed by atoms with E-state index in [0.29, 0.717) is 12.2 Å². The maximum absolute atomic E-state index is 13.6.